The number of nitrogens with zero attached hydrogens (tertiary/aromatic N) is 3. The van der Waals surface area contributed by atoms with Crippen LogP contribution >= 0.6 is 0 Å². The van der Waals surface area contributed by atoms with E-state index >= 15 is 0 Å². The molecule has 0 radical (unpaired) electrons. The van der Waals surface area contributed by atoms with Crippen LogP contribution in [0.1, 0.15) is 18.4 Å². The van der Waals surface area contributed by atoms with E-state index < -0.39 is 11.9 Å². The zero-order valence-corrected chi connectivity index (χ0v) is 21.1. The molecule has 0 unspecified atom stereocenters. The second-order valence-electron chi connectivity index (χ2n) is 8.98. The Morgan fingerprint density at radius 1 is 0.811 bits per heavy atom. The van der Waals surface area contributed by atoms with E-state index in [4.69, 9.17) is 29.3 Å². The Morgan fingerprint density at radius 2 is 1.38 bits per heavy atom. The molecular weight excluding hydrogens is 478 g/mol. The van der Waals surface area contributed by atoms with E-state index in [9.17, 15) is 4.79 Å². The second kappa shape index (κ2) is 14.2. The molecule has 0 aromatic heterocycles. The smallest absolute Gasteiger partial charge is 0.414 e. The number of amides is 1. The summed E-state index contributed by atoms with van der Waals surface area (Å²) in [5.41, 5.74) is 1.39. The molecule has 200 valence electrons. The number of carboxylic acid groups (broad SMARTS) is 2. The van der Waals surface area contributed by atoms with Crippen molar-refractivity contribution in [2.24, 2.45) is 0 Å². The third-order valence-electron chi connectivity index (χ3n) is 6.59. The number of carbonyl (C=O) groups excluding carboxylic acids is 1. The zero-order valence-electron chi connectivity index (χ0n) is 21.1. The molecule has 10 heteroatoms. The van der Waals surface area contributed by atoms with Crippen LogP contribution in [-0.2, 0) is 20.9 Å². The Labute approximate surface area is 217 Å². The molecule has 2 fully saturated rings. The van der Waals surface area contributed by atoms with Crippen molar-refractivity contribution in [3.05, 3.63) is 60.2 Å². The maximum atomic E-state index is 12.5. The molecule has 10 nitrogen and oxygen atoms in total. The second-order valence-corrected chi connectivity index (χ2v) is 8.98. The summed E-state index contributed by atoms with van der Waals surface area (Å²) in [5.74, 6) is -2.12. The molecule has 37 heavy (non-hydrogen) atoms. The SMILES string of the molecule is COc1ccc(OCC(=O)N2CCN(C3CCN(Cc4ccccc4)CC3)CC2)cc1.O=C(O)C(=O)O. The van der Waals surface area contributed by atoms with Crippen molar-refractivity contribution in [2.75, 3.05) is 53.0 Å². The largest absolute Gasteiger partial charge is 0.497 e. The van der Waals surface area contributed by atoms with Gasteiger partial charge in [-0.2, -0.15) is 0 Å². The molecule has 2 aromatic rings. The lowest BCUT2D eigenvalue weighted by molar-refractivity contribution is -0.159. The van der Waals surface area contributed by atoms with Gasteiger partial charge in [-0.25, -0.2) is 9.59 Å². The predicted molar refractivity (Wildman–Crippen MR) is 137 cm³/mol. The van der Waals surface area contributed by atoms with Gasteiger partial charge in [0.15, 0.2) is 6.61 Å². The molecule has 0 atom stereocenters. The molecule has 2 N–H and O–H groups in total. The molecule has 0 bridgehead atoms. The molecule has 0 spiro atoms. The first-order valence-corrected chi connectivity index (χ1v) is 12.4. The third-order valence-corrected chi connectivity index (χ3v) is 6.59. The predicted octanol–water partition coefficient (Wildman–Crippen LogP) is 2.04. The van der Waals surface area contributed by atoms with Crippen LogP contribution in [0.15, 0.2) is 54.6 Å². The van der Waals surface area contributed by atoms with E-state index in [1.54, 1.807) is 7.11 Å². The molecule has 2 aromatic carbocycles. The maximum absolute atomic E-state index is 12.5. The number of carboxylic acids is 2. The van der Waals surface area contributed by atoms with Gasteiger partial charge in [-0.15, -0.1) is 0 Å². The van der Waals surface area contributed by atoms with E-state index in [1.165, 1.54) is 18.4 Å². The fraction of sp³-hybridized carbons (Fsp3) is 0.444. The summed E-state index contributed by atoms with van der Waals surface area (Å²) in [6.07, 6.45) is 2.42. The van der Waals surface area contributed by atoms with Crippen LogP contribution in [-0.4, -0.2) is 102 Å². The summed E-state index contributed by atoms with van der Waals surface area (Å²) in [5, 5.41) is 14.8. The van der Waals surface area contributed by atoms with Gasteiger partial charge in [-0.1, -0.05) is 30.3 Å². The van der Waals surface area contributed by atoms with E-state index in [2.05, 4.69) is 40.1 Å². The van der Waals surface area contributed by atoms with Crippen LogP contribution in [0.2, 0.25) is 0 Å². The van der Waals surface area contributed by atoms with Gasteiger partial charge in [0.1, 0.15) is 11.5 Å². The topological polar surface area (TPSA) is 120 Å². The number of likely N-dealkylation sites (tertiary alicyclic amines) is 1. The van der Waals surface area contributed by atoms with Crippen LogP contribution in [0.3, 0.4) is 0 Å². The molecule has 0 aliphatic carbocycles. The van der Waals surface area contributed by atoms with Gasteiger partial charge in [-0.3, -0.25) is 14.6 Å². The van der Waals surface area contributed by atoms with Crippen LogP contribution in [0.5, 0.6) is 11.5 Å². The highest BCUT2D eigenvalue weighted by Crippen LogP contribution is 2.20. The lowest BCUT2D eigenvalue weighted by atomic mass is 10.0. The van der Waals surface area contributed by atoms with Gasteiger partial charge in [0.2, 0.25) is 0 Å². The Bertz CT molecular complexity index is 988. The van der Waals surface area contributed by atoms with Crippen LogP contribution < -0.4 is 9.47 Å². The Hall–Kier alpha value is -3.63. The van der Waals surface area contributed by atoms with Crippen molar-refractivity contribution < 1.29 is 34.1 Å². The molecule has 2 aliphatic heterocycles. The van der Waals surface area contributed by atoms with Gasteiger partial charge in [0.25, 0.3) is 5.91 Å². The normalized spacial score (nSPS) is 16.8. The Kier molecular flexibility index (Phi) is 10.7. The van der Waals surface area contributed by atoms with Crippen molar-refractivity contribution in [2.45, 2.75) is 25.4 Å². The van der Waals surface area contributed by atoms with Crippen LogP contribution in [0, 0.1) is 0 Å². The number of hydrogen-bond acceptors (Lipinski definition) is 7. The van der Waals surface area contributed by atoms with Crippen molar-refractivity contribution >= 4 is 17.8 Å². The van der Waals surface area contributed by atoms with Crippen molar-refractivity contribution in [3.63, 3.8) is 0 Å². The monoisotopic (exact) mass is 513 g/mol. The minimum Gasteiger partial charge on any atom is -0.497 e. The number of carbonyl (C=O) groups is 3. The van der Waals surface area contributed by atoms with Gasteiger partial charge in [-0.05, 0) is 55.8 Å². The minimum absolute atomic E-state index is 0.0631. The fourth-order valence-electron chi connectivity index (χ4n) is 4.53. The van der Waals surface area contributed by atoms with Crippen LogP contribution in [0.4, 0.5) is 0 Å². The summed E-state index contributed by atoms with van der Waals surface area (Å²) >= 11 is 0. The molecular formula is C27H35N3O7. The van der Waals surface area contributed by atoms with Gasteiger partial charge in [0.05, 0.1) is 7.11 Å². The highest BCUT2D eigenvalue weighted by Gasteiger charge is 2.29. The van der Waals surface area contributed by atoms with Crippen molar-refractivity contribution in [1.82, 2.24) is 14.7 Å². The first kappa shape index (κ1) is 27.9. The number of methoxy groups -OCH3 is 1. The molecule has 2 aliphatic rings. The average molecular weight is 514 g/mol. The van der Waals surface area contributed by atoms with Crippen molar-refractivity contribution in [1.29, 1.82) is 0 Å². The quantitative estimate of drug-likeness (QED) is 0.536. The molecule has 2 heterocycles. The summed E-state index contributed by atoms with van der Waals surface area (Å²) in [7, 11) is 1.63. The summed E-state index contributed by atoms with van der Waals surface area (Å²) in [6, 6.07) is 18.7. The van der Waals surface area contributed by atoms with E-state index in [-0.39, 0.29) is 12.5 Å². The lowest BCUT2D eigenvalue weighted by Gasteiger charge is -2.42. The number of aliphatic carboxylic acids is 2. The number of ether oxygens (including phenoxy) is 2. The summed E-state index contributed by atoms with van der Waals surface area (Å²) < 4.78 is 10.8. The molecule has 0 saturated carbocycles. The number of benzene rings is 2. The van der Waals surface area contributed by atoms with Gasteiger partial charge >= 0.3 is 11.9 Å². The molecule has 1 amide bonds. The third kappa shape index (κ3) is 9.07. The number of hydrogen-bond donors (Lipinski definition) is 2. The van der Waals surface area contributed by atoms with E-state index in [0.29, 0.717) is 11.8 Å². The molecule has 2 saturated heterocycles. The summed E-state index contributed by atoms with van der Waals surface area (Å²) in [6.45, 7) is 6.91. The maximum Gasteiger partial charge on any atom is 0.414 e. The lowest BCUT2D eigenvalue weighted by Crippen LogP contribution is -2.54. The Morgan fingerprint density at radius 3 is 1.92 bits per heavy atom. The highest BCUT2D eigenvalue weighted by atomic mass is 16.5. The minimum atomic E-state index is -1.82. The van der Waals surface area contributed by atoms with Crippen LogP contribution in [0.25, 0.3) is 0 Å². The van der Waals surface area contributed by atoms with Crippen molar-refractivity contribution in [3.8, 4) is 11.5 Å². The van der Waals surface area contributed by atoms with E-state index in [1.807, 2.05) is 29.2 Å². The number of piperidine rings is 1. The van der Waals surface area contributed by atoms with Gasteiger partial charge < -0.3 is 24.6 Å². The molecule has 4 rings (SSSR count). The van der Waals surface area contributed by atoms with Gasteiger partial charge in [0, 0.05) is 38.8 Å². The Balaban J connectivity index is 0.000000568. The highest BCUT2D eigenvalue weighted by molar-refractivity contribution is 6.27. The standard InChI is InChI=1S/C25H33N3O3.C2H2O4/c1-30-23-7-9-24(10-8-23)31-20-25(29)28-17-15-27(16-18-28)22-11-13-26(14-12-22)19-21-5-3-2-4-6-21;3-1(4)2(5)6/h2-10,22H,11-20H2,1H3;(H,3,4)(H,5,6). The average Bonchev–Trinajstić information content (AvgIpc) is 2.93. The van der Waals surface area contributed by atoms with E-state index in [0.717, 1.165) is 51.6 Å². The number of rotatable bonds is 7. The fourth-order valence-corrected chi connectivity index (χ4v) is 4.53. The number of piperazine rings is 1. The zero-order chi connectivity index (χ0) is 26.6. The summed E-state index contributed by atoms with van der Waals surface area (Å²) in [4.78, 5) is 37.8. The first-order chi connectivity index (χ1) is 17.9. The first-order valence-electron chi connectivity index (χ1n) is 12.4.